The second-order valence-electron chi connectivity index (χ2n) is 6.15. The molecule has 1 aromatic rings. The second kappa shape index (κ2) is 6.06. The molecule has 2 aliphatic carbocycles. The van der Waals surface area contributed by atoms with Crippen molar-refractivity contribution in [2.75, 3.05) is 20.1 Å². The topological polar surface area (TPSA) is 44.0 Å². The quantitative estimate of drug-likeness (QED) is 0.769. The number of aromatic nitrogens is 2. The number of nitrogens with one attached hydrogen (secondary N) is 2. The average molecular weight is 262 g/mol. The highest BCUT2D eigenvalue weighted by Crippen LogP contribution is 2.22. The van der Waals surface area contributed by atoms with Gasteiger partial charge in [0.1, 0.15) is 0 Å². The summed E-state index contributed by atoms with van der Waals surface area (Å²) in [6.07, 6.45) is 9.16. The Hall–Kier alpha value is -0.870. The minimum atomic E-state index is 0.815. The van der Waals surface area contributed by atoms with Gasteiger partial charge in [0.2, 0.25) is 0 Å². The van der Waals surface area contributed by atoms with Crippen LogP contribution in [0.5, 0.6) is 0 Å². The summed E-state index contributed by atoms with van der Waals surface area (Å²) >= 11 is 0. The third kappa shape index (κ3) is 3.57. The van der Waals surface area contributed by atoms with Gasteiger partial charge in [0.05, 0.1) is 5.69 Å². The van der Waals surface area contributed by atoms with Gasteiger partial charge >= 0.3 is 0 Å². The summed E-state index contributed by atoms with van der Waals surface area (Å²) in [5.74, 6) is 0. The summed E-state index contributed by atoms with van der Waals surface area (Å²) in [6, 6.07) is 0.815. The smallest absolute Gasteiger partial charge is 0.0796 e. The third-order valence-electron chi connectivity index (χ3n) is 4.32. The van der Waals surface area contributed by atoms with E-state index in [1.807, 2.05) is 0 Å². The summed E-state index contributed by atoms with van der Waals surface area (Å²) in [7, 11) is 2.20. The van der Waals surface area contributed by atoms with Gasteiger partial charge in [0, 0.05) is 31.4 Å². The molecule has 0 aliphatic heterocycles. The van der Waals surface area contributed by atoms with E-state index in [-0.39, 0.29) is 0 Å². The molecule has 1 aromatic heterocycles. The lowest BCUT2D eigenvalue weighted by atomic mass is 10.1. The van der Waals surface area contributed by atoms with Crippen LogP contribution in [-0.4, -0.2) is 41.3 Å². The molecule has 0 unspecified atom stereocenters. The number of H-pyrrole nitrogens is 1. The largest absolute Gasteiger partial charge is 0.313 e. The highest BCUT2D eigenvalue weighted by Gasteiger charge is 2.20. The van der Waals surface area contributed by atoms with Crippen molar-refractivity contribution in [3.8, 4) is 0 Å². The highest BCUT2D eigenvalue weighted by atomic mass is 15.2. The van der Waals surface area contributed by atoms with Gasteiger partial charge in [-0.2, -0.15) is 5.10 Å². The molecule has 2 aliphatic rings. The van der Waals surface area contributed by atoms with E-state index in [0.717, 1.165) is 25.7 Å². The van der Waals surface area contributed by atoms with Crippen LogP contribution >= 0.6 is 0 Å². The number of likely N-dealkylation sites (N-methyl/N-ethyl adjacent to an activating group) is 1. The molecular weight excluding hydrogens is 236 g/mol. The van der Waals surface area contributed by atoms with E-state index in [0.29, 0.717) is 0 Å². The minimum absolute atomic E-state index is 0.815. The van der Waals surface area contributed by atoms with Crippen LogP contribution in [-0.2, 0) is 19.4 Å². The Labute approximate surface area is 116 Å². The molecule has 106 valence electrons. The summed E-state index contributed by atoms with van der Waals surface area (Å²) in [4.78, 5) is 2.39. The second-order valence-corrected chi connectivity index (χ2v) is 6.15. The number of fused-ring (bicyclic) bond motifs is 1. The van der Waals surface area contributed by atoms with E-state index < -0.39 is 0 Å². The Morgan fingerprint density at radius 3 is 2.95 bits per heavy atom. The molecule has 0 atom stereocenters. The van der Waals surface area contributed by atoms with Gasteiger partial charge in [0.15, 0.2) is 0 Å². The van der Waals surface area contributed by atoms with E-state index >= 15 is 0 Å². The van der Waals surface area contributed by atoms with Crippen molar-refractivity contribution in [2.45, 2.75) is 57.5 Å². The molecule has 3 rings (SSSR count). The summed E-state index contributed by atoms with van der Waals surface area (Å²) in [5, 5.41) is 11.4. The molecule has 19 heavy (non-hydrogen) atoms. The lowest BCUT2D eigenvalue weighted by molar-refractivity contribution is 0.319. The van der Waals surface area contributed by atoms with Gasteiger partial charge < -0.3 is 5.32 Å². The Bertz CT molecular complexity index is 408. The molecular formula is C15H26N4. The lowest BCUT2D eigenvalue weighted by Gasteiger charge is -2.16. The van der Waals surface area contributed by atoms with Gasteiger partial charge in [-0.05, 0) is 51.1 Å². The Kier molecular flexibility index (Phi) is 4.18. The van der Waals surface area contributed by atoms with Crippen molar-refractivity contribution in [3.63, 3.8) is 0 Å². The van der Waals surface area contributed by atoms with Crippen LogP contribution in [0.15, 0.2) is 0 Å². The van der Waals surface area contributed by atoms with Crippen molar-refractivity contribution in [3.05, 3.63) is 17.0 Å². The number of hydrogen-bond acceptors (Lipinski definition) is 3. The third-order valence-corrected chi connectivity index (χ3v) is 4.32. The van der Waals surface area contributed by atoms with Gasteiger partial charge in [-0.15, -0.1) is 0 Å². The molecule has 0 spiro atoms. The molecule has 4 nitrogen and oxygen atoms in total. The minimum Gasteiger partial charge on any atom is -0.313 e. The standard InChI is InChI=1S/C15H26N4/c1-19(10-9-16-12-7-8-12)11-15-13-5-3-2-4-6-14(13)17-18-15/h12,16H,2-11H2,1H3,(H,17,18). The predicted molar refractivity (Wildman–Crippen MR) is 77.2 cm³/mol. The SMILES string of the molecule is CN(CCNC1CC1)Cc1n[nH]c2c1CCCCC2. The van der Waals surface area contributed by atoms with Crippen molar-refractivity contribution in [1.82, 2.24) is 20.4 Å². The van der Waals surface area contributed by atoms with Gasteiger partial charge in [-0.3, -0.25) is 10.00 Å². The van der Waals surface area contributed by atoms with E-state index in [1.54, 1.807) is 0 Å². The van der Waals surface area contributed by atoms with E-state index in [4.69, 9.17) is 0 Å². The molecule has 2 N–H and O–H groups in total. The van der Waals surface area contributed by atoms with E-state index in [1.165, 1.54) is 61.9 Å². The van der Waals surface area contributed by atoms with Crippen molar-refractivity contribution in [2.24, 2.45) is 0 Å². The number of aryl methyl sites for hydroxylation is 1. The van der Waals surface area contributed by atoms with E-state index in [9.17, 15) is 0 Å². The summed E-state index contributed by atoms with van der Waals surface area (Å²) < 4.78 is 0. The molecule has 4 heteroatoms. The van der Waals surface area contributed by atoms with Crippen molar-refractivity contribution in [1.29, 1.82) is 0 Å². The molecule has 0 saturated heterocycles. The first-order chi connectivity index (χ1) is 9.33. The molecule has 1 heterocycles. The fourth-order valence-corrected chi connectivity index (χ4v) is 2.94. The Morgan fingerprint density at radius 1 is 1.26 bits per heavy atom. The fourth-order valence-electron chi connectivity index (χ4n) is 2.94. The summed E-state index contributed by atoms with van der Waals surface area (Å²) in [6.45, 7) is 3.20. The number of aromatic amines is 1. The molecule has 0 radical (unpaired) electrons. The van der Waals surface area contributed by atoms with Crippen molar-refractivity contribution < 1.29 is 0 Å². The van der Waals surface area contributed by atoms with Crippen LogP contribution in [0.4, 0.5) is 0 Å². The van der Waals surface area contributed by atoms with Crippen LogP contribution in [0.1, 0.15) is 49.1 Å². The number of nitrogens with zero attached hydrogens (tertiary/aromatic N) is 2. The average Bonchev–Trinajstić information content (AvgIpc) is 3.17. The maximum Gasteiger partial charge on any atom is 0.0796 e. The van der Waals surface area contributed by atoms with Crippen LogP contribution in [0.25, 0.3) is 0 Å². The normalized spacial score (nSPS) is 19.5. The molecule has 0 amide bonds. The van der Waals surface area contributed by atoms with Gasteiger partial charge in [-0.1, -0.05) is 6.42 Å². The van der Waals surface area contributed by atoms with Crippen LogP contribution in [0.2, 0.25) is 0 Å². The molecule has 1 fully saturated rings. The number of hydrogen-bond donors (Lipinski definition) is 2. The first kappa shape index (κ1) is 13.1. The fraction of sp³-hybridized carbons (Fsp3) is 0.800. The van der Waals surface area contributed by atoms with Crippen LogP contribution in [0, 0.1) is 0 Å². The van der Waals surface area contributed by atoms with Gasteiger partial charge in [0.25, 0.3) is 0 Å². The number of rotatable bonds is 6. The maximum atomic E-state index is 4.55. The monoisotopic (exact) mass is 262 g/mol. The Balaban J connectivity index is 1.51. The first-order valence-electron chi connectivity index (χ1n) is 7.80. The maximum absolute atomic E-state index is 4.55. The predicted octanol–water partition coefficient (Wildman–Crippen LogP) is 1.86. The Morgan fingerprint density at radius 2 is 2.11 bits per heavy atom. The highest BCUT2D eigenvalue weighted by molar-refractivity contribution is 5.26. The van der Waals surface area contributed by atoms with E-state index in [2.05, 4.69) is 27.5 Å². The van der Waals surface area contributed by atoms with Crippen LogP contribution < -0.4 is 5.32 Å². The zero-order chi connectivity index (χ0) is 13.1. The molecule has 0 aromatic carbocycles. The van der Waals surface area contributed by atoms with Crippen molar-refractivity contribution >= 4 is 0 Å². The zero-order valence-electron chi connectivity index (χ0n) is 12.0. The molecule has 1 saturated carbocycles. The summed E-state index contributed by atoms with van der Waals surface area (Å²) in [5.41, 5.74) is 4.20. The van der Waals surface area contributed by atoms with Gasteiger partial charge in [-0.25, -0.2) is 0 Å². The zero-order valence-corrected chi connectivity index (χ0v) is 12.0. The lowest BCUT2D eigenvalue weighted by Crippen LogP contribution is -2.30. The molecule has 0 bridgehead atoms. The first-order valence-corrected chi connectivity index (χ1v) is 7.80. The van der Waals surface area contributed by atoms with Crippen LogP contribution in [0.3, 0.4) is 0 Å².